The van der Waals surface area contributed by atoms with Crippen LogP contribution in [-0.4, -0.2) is 0 Å². The summed E-state index contributed by atoms with van der Waals surface area (Å²) in [5.74, 6) is -3.95. The predicted octanol–water partition coefficient (Wildman–Crippen LogP) is 2.33. The second-order valence-corrected chi connectivity index (χ2v) is 2.96. The van der Waals surface area contributed by atoms with Gasteiger partial charge in [0.05, 0.1) is 4.47 Å². The van der Waals surface area contributed by atoms with Crippen molar-refractivity contribution in [1.29, 1.82) is 0 Å². The van der Waals surface area contributed by atoms with E-state index in [-0.39, 0.29) is 16.6 Å². The lowest BCUT2D eigenvalue weighted by Crippen LogP contribution is -2.02. The van der Waals surface area contributed by atoms with E-state index in [4.69, 9.17) is 5.73 Å². The van der Waals surface area contributed by atoms with Gasteiger partial charge in [-0.1, -0.05) is 0 Å². The highest BCUT2D eigenvalue weighted by molar-refractivity contribution is 9.10. The maximum atomic E-state index is 12.7. The molecule has 0 radical (unpaired) electrons. The molecule has 0 heterocycles. The molecule has 0 saturated heterocycles. The summed E-state index contributed by atoms with van der Waals surface area (Å²) in [6.45, 7) is -0.0469. The van der Waals surface area contributed by atoms with E-state index in [1.807, 2.05) is 0 Å². The first-order valence-electron chi connectivity index (χ1n) is 3.10. The Morgan fingerprint density at radius 2 is 1.83 bits per heavy atom. The van der Waals surface area contributed by atoms with Crippen molar-refractivity contribution < 1.29 is 13.2 Å². The Hall–Kier alpha value is -0.550. The van der Waals surface area contributed by atoms with E-state index < -0.39 is 17.5 Å². The fraction of sp³-hybridized carbons (Fsp3) is 0.143. The molecule has 0 spiro atoms. The summed E-state index contributed by atoms with van der Waals surface area (Å²) in [6.07, 6.45) is 0. The lowest BCUT2D eigenvalue weighted by Gasteiger charge is -2.03. The maximum Gasteiger partial charge on any atom is 0.195 e. The van der Waals surface area contributed by atoms with Gasteiger partial charge in [-0.15, -0.1) is 0 Å². The van der Waals surface area contributed by atoms with Gasteiger partial charge in [0, 0.05) is 6.54 Å². The molecule has 12 heavy (non-hydrogen) atoms. The van der Waals surface area contributed by atoms with Crippen molar-refractivity contribution in [2.45, 2.75) is 6.54 Å². The molecular weight excluding hydrogens is 235 g/mol. The van der Waals surface area contributed by atoms with Crippen LogP contribution in [0, 0.1) is 17.5 Å². The van der Waals surface area contributed by atoms with E-state index in [1.54, 1.807) is 0 Å². The summed E-state index contributed by atoms with van der Waals surface area (Å²) >= 11 is 2.76. The number of halogens is 4. The quantitative estimate of drug-likeness (QED) is 0.591. The summed E-state index contributed by atoms with van der Waals surface area (Å²) < 4.78 is 37.6. The molecule has 0 aliphatic heterocycles. The molecule has 1 nitrogen and oxygen atoms in total. The third kappa shape index (κ3) is 1.47. The maximum absolute atomic E-state index is 12.7. The fourth-order valence-electron chi connectivity index (χ4n) is 0.770. The Bertz CT molecular complexity index is 314. The van der Waals surface area contributed by atoms with Crippen LogP contribution in [0.1, 0.15) is 5.56 Å². The molecule has 0 aliphatic rings. The fourth-order valence-corrected chi connectivity index (χ4v) is 1.22. The zero-order chi connectivity index (χ0) is 9.30. The third-order valence-corrected chi connectivity index (χ3v) is 2.26. The Labute approximate surface area is 75.5 Å². The van der Waals surface area contributed by atoms with Gasteiger partial charge < -0.3 is 5.73 Å². The smallest absolute Gasteiger partial charge is 0.195 e. The summed E-state index contributed by atoms with van der Waals surface area (Å²) in [5, 5.41) is 0. The van der Waals surface area contributed by atoms with Crippen molar-refractivity contribution in [3.05, 3.63) is 33.6 Å². The van der Waals surface area contributed by atoms with Crippen LogP contribution in [0.4, 0.5) is 13.2 Å². The van der Waals surface area contributed by atoms with Crippen LogP contribution in [-0.2, 0) is 6.54 Å². The first-order valence-corrected chi connectivity index (χ1v) is 3.89. The molecule has 0 unspecified atom stereocenters. The number of hydrogen-bond donors (Lipinski definition) is 1. The van der Waals surface area contributed by atoms with Gasteiger partial charge in [0.15, 0.2) is 17.5 Å². The van der Waals surface area contributed by atoms with E-state index in [2.05, 4.69) is 15.9 Å². The van der Waals surface area contributed by atoms with E-state index in [0.29, 0.717) is 0 Å². The van der Waals surface area contributed by atoms with Gasteiger partial charge in [0.1, 0.15) is 0 Å². The van der Waals surface area contributed by atoms with Gasteiger partial charge in [0.2, 0.25) is 0 Å². The first kappa shape index (κ1) is 9.54. The van der Waals surface area contributed by atoms with Gasteiger partial charge in [0.25, 0.3) is 0 Å². The van der Waals surface area contributed by atoms with Gasteiger partial charge in [-0.3, -0.25) is 0 Å². The zero-order valence-corrected chi connectivity index (χ0v) is 7.46. The standard InChI is InChI=1S/C7H5BrF3N/c8-5-3(2-12)1-4(9)6(10)7(5)11/h1H,2,12H2. The lowest BCUT2D eigenvalue weighted by molar-refractivity contribution is 0.442. The van der Waals surface area contributed by atoms with E-state index >= 15 is 0 Å². The molecule has 66 valence electrons. The lowest BCUT2D eigenvalue weighted by atomic mass is 10.2. The summed E-state index contributed by atoms with van der Waals surface area (Å²) in [6, 6.07) is 0.864. The normalized spacial score (nSPS) is 10.4. The van der Waals surface area contributed by atoms with Crippen LogP contribution in [0.15, 0.2) is 10.5 Å². The Balaban J connectivity index is 3.39. The molecule has 1 rings (SSSR count). The Morgan fingerprint density at radius 1 is 1.25 bits per heavy atom. The van der Waals surface area contributed by atoms with Gasteiger partial charge in [-0.05, 0) is 27.6 Å². The molecular formula is C7H5BrF3N. The minimum Gasteiger partial charge on any atom is -0.326 e. The molecule has 0 fully saturated rings. The van der Waals surface area contributed by atoms with Crippen molar-refractivity contribution in [2.75, 3.05) is 0 Å². The second kappa shape index (κ2) is 3.45. The van der Waals surface area contributed by atoms with Crippen molar-refractivity contribution >= 4 is 15.9 Å². The van der Waals surface area contributed by atoms with Crippen LogP contribution in [0.25, 0.3) is 0 Å². The summed E-state index contributed by atoms with van der Waals surface area (Å²) in [4.78, 5) is 0. The van der Waals surface area contributed by atoms with Gasteiger partial charge in [-0.25, -0.2) is 13.2 Å². The molecule has 5 heteroatoms. The van der Waals surface area contributed by atoms with E-state index in [9.17, 15) is 13.2 Å². The van der Waals surface area contributed by atoms with Crippen LogP contribution < -0.4 is 5.73 Å². The average Bonchev–Trinajstić information content (AvgIpc) is 2.08. The van der Waals surface area contributed by atoms with Gasteiger partial charge >= 0.3 is 0 Å². The predicted molar refractivity (Wildman–Crippen MR) is 41.9 cm³/mol. The highest BCUT2D eigenvalue weighted by Gasteiger charge is 2.15. The van der Waals surface area contributed by atoms with E-state index in [0.717, 1.165) is 6.07 Å². The molecule has 1 aromatic carbocycles. The third-order valence-electron chi connectivity index (χ3n) is 1.40. The van der Waals surface area contributed by atoms with Crippen LogP contribution >= 0.6 is 15.9 Å². The largest absolute Gasteiger partial charge is 0.326 e. The SMILES string of the molecule is NCc1cc(F)c(F)c(F)c1Br. The molecule has 0 aliphatic carbocycles. The topological polar surface area (TPSA) is 26.0 Å². The highest BCUT2D eigenvalue weighted by atomic mass is 79.9. The van der Waals surface area contributed by atoms with Crippen molar-refractivity contribution in [2.24, 2.45) is 5.73 Å². The molecule has 0 saturated carbocycles. The number of hydrogen-bond acceptors (Lipinski definition) is 1. The second-order valence-electron chi connectivity index (χ2n) is 2.16. The average molecular weight is 240 g/mol. The van der Waals surface area contributed by atoms with E-state index in [1.165, 1.54) is 0 Å². The molecule has 0 atom stereocenters. The van der Waals surface area contributed by atoms with Crippen LogP contribution in [0.5, 0.6) is 0 Å². The molecule has 0 bridgehead atoms. The van der Waals surface area contributed by atoms with Crippen molar-refractivity contribution in [1.82, 2.24) is 0 Å². The first-order chi connectivity index (χ1) is 5.57. The monoisotopic (exact) mass is 239 g/mol. The van der Waals surface area contributed by atoms with Crippen LogP contribution in [0.3, 0.4) is 0 Å². The molecule has 1 aromatic rings. The van der Waals surface area contributed by atoms with Crippen molar-refractivity contribution in [3.63, 3.8) is 0 Å². The highest BCUT2D eigenvalue weighted by Crippen LogP contribution is 2.24. The Kier molecular flexibility index (Phi) is 2.74. The minimum absolute atomic E-state index is 0.0469. The molecule has 0 aromatic heterocycles. The number of benzene rings is 1. The van der Waals surface area contributed by atoms with Gasteiger partial charge in [-0.2, -0.15) is 0 Å². The van der Waals surface area contributed by atoms with Crippen LogP contribution in [0.2, 0.25) is 0 Å². The Morgan fingerprint density at radius 3 is 2.33 bits per heavy atom. The number of rotatable bonds is 1. The molecule has 0 amide bonds. The summed E-state index contributed by atoms with van der Waals surface area (Å²) in [5.41, 5.74) is 5.35. The zero-order valence-electron chi connectivity index (χ0n) is 5.87. The minimum atomic E-state index is -1.49. The van der Waals surface area contributed by atoms with Crippen molar-refractivity contribution in [3.8, 4) is 0 Å². The number of nitrogens with two attached hydrogens (primary N) is 1. The summed E-state index contributed by atoms with van der Waals surface area (Å²) in [7, 11) is 0. The molecule has 2 N–H and O–H groups in total.